The average Bonchev–Trinajstić information content (AvgIpc) is 3.20. The van der Waals surface area contributed by atoms with Crippen LogP contribution in [0.3, 0.4) is 0 Å². The largest absolute Gasteiger partial charge is 0.454 e. The van der Waals surface area contributed by atoms with E-state index in [2.05, 4.69) is 10.3 Å². The van der Waals surface area contributed by atoms with Crippen LogP contribution >= 0.6 is 11.3 Å². The lowest BCUT2D eigenvalue weighted by molar-refractivity contribution is 0.102. The topological polar surface area (TPSA) is 60.5 Å². The lowest BCUT2D eigenvalue weighted by Gasteiger charge is -2.04. The number of benzene rings is 2. The molecule has 1 N–H and O–H groups in total. The number of fused-ring (bicyclic) bond motifs is 1. The molecule has 0 saturated heterocycles. The van der Waals surface area contributed by atoms with E-state index in [4.69, 9.17) is 9.47 Å². The predicted molar refractivity (Wildman–Crippen MR) is 97.5 cm³/mol. The van der Waals surface area contributed by atoms with Crippen LogP contribution in [0.5, 0.6) is 11.5 Å². The van der Waals surface area contributed by atoms with Crippen LogP contribution in [0.15, 0.2) is 42.5 Å². The number of carbonyl (C=O) groups is 1. The minimum atomic E-state index is -0.149. The van der Waals surface area contributed by atoms with Crippen molar-refractivity contribution in [3.05, 3.63) is 58.5 Å². The second-order valence-electron chi connectivity index (χ2n) is 5.76. The van der Waals surface area contributed by atoms with Crippen molar-refractivity contribution in [2.75, 3.05) is 12.1 Å². The molecular weight excluding hydrogens is 336 g/mol. The highest BCUT2D eigenvalue weighted by Gasteiger charge is 2.18. The number of thiazole rings is 1. The first-order valence-electron chi connectivity index (χ1n) is 7.86. The van der Waals surface area contributed by atoms with E-state index in [1.165, 1.54) is 11.3 Å². The van der Waals surface area contributed by atoms with E-state index in [1.54, 1.807) is 0 Å². The number of nitrogens with zero attached hydrogens (tertiary/aromatic N) is 1. The molecule has 0 bridgehead atoms. The molecule has 0 spiro atoms. The molecule has 0 unspecified atom stereocenters. The summed E-state index contributed by atoms with van der Waals surface area (Å²) in [5, 5.41) is 3.48. The predicted octanol–water partition coefficient (Wildman–Crippen LogP) is 4.41. The standard InChI is InChI=1S/C19H16N2O3S/c1-11-5-3-4-6-14(11)18(22)21-19-20-17(12(2)25-19)13-7-8-15-16(9-13)24-10-23-15/h3-9H,10H2,1-2H3,(H,20,21,22). The summed E-state index contributed by atoms with van der Waals surface area (Å²) in [7, 11) is 0. The molecule has 0 saturated carbocycles. The van der Waals surface area contributed by atoms with Gasteiger partial charge in [0.2, 0.25) is 6.79 Å². The summed E-state index contributed by atoms with van der Waals surface area (Å²) >= 11 is 1.46. The number of nitrogens with one attached hydrogen (secondary N) is 1. The van der Waals surface area contributed by atoms with Gasteiger partial charge in [0.05, 0.1) is 5.69 Å². The van der Waals surface area contributed by atoms with Crippen molar-refractivity contribution in [2.24, 2.45) is 0 Å². The highest BCUT2D eigenvalue weighted by molar-refractivity contribution is 7.16. The van der Waals surface area contributed by atoms with E-state index in [0.29, 0.717) is 10.7 Å². The first kappa shape index (κ1) is 15.7. The molecule has 2 aromatic carbocycles. The third-order valence-corrected chi connectivity index (χ3v) is 4.94. The van der Waals surface area contributed by atoms with Crippen LogP contribution < -0.4 is 14.8 Å². The molecule has 0 fully saturated rings. The third-order valence-electron chi connectivity index (χ3n) is 4.05. The van der Waals surface area contributed by atoms with Crippen LogP contribution in [0.2, 0.25) is 0 Å². The van der Waals surface area contributed by atoms with E-state index in [9.17, 15) is 4.79 Å². The fraction of sp³-hybridized carbons (Fsp3) is 0.158. The van der Waals surface area contributed by atoms with Crippen molar-refractivity contribution in [1.82, 2.24) is 4.98 Å². The van der Waals surface area contributed by atoms with E-state index in [-0.39, 0.29) is 12.7 Å². The monoisotopic (exact) mass is 352 g/mol. The first-order valence-corrected chi connectivity index (χ1v) is 8.68. The van der Waals surface area contributed by atoms with Crippen LogP contribution in [0.4, 0.5) is 5.13 Å². The van der Waals surface area contributed by atoms with Gasteiger partial charge in [-0.3, -0.25) is 10.1 Å². The number of aryl methyl sites for hydroxylation is 2. The molecule has 5 nitrogen and oxygen atoms in total. The second-order valence-corrected chi connectivity index (χ2v) is 6.96. The van der Waals surface area contributed by atoms with Gasteiger partial charge in [-0.15, -0.1) is 11.3 Å². The summed E-state index contributed by atoms with van der Waals surface area (Å²) in [5.41, 5.74) is 3.36. The molecule has 0 aliphatic carbocycles. The summed E-state index contributed by atoms with van der Waals surface area (Å²) < 4.78 is 10.8. The summed E-state index contributed by atoms with van der Waals surface area (Å²) in [6.45, 7) is 4.15. The molecule has 0 atom stereocenters. The number of anilines is 1. The van der Waals surface area contributed by atoms with Crippen molar-refractivity contribution in [3.63, 3.8) is 0 Å². The molecule has 126 valence electrons. The lowest BCUT2D eigenvalue weighted by Crippen LogP contribution is -2.12. The summed E-state index contributed by atoms with van der Waals surface area (Å²) in [6.07, 6.45) is 0. The van der Waals surface area contributed by atoms with E-state index in [0.717, 1.165) is 33.2 Å². The molecule has 6 heteroatoms. The highest BCUT2D eigenvalue weighted by Crippen LogP contribution is 2.38. The van der Waals surface area contributed by atoms with Crippen LogP contribution in [-0.4, -0.2) is 17.7 Å². The van der Waals surface area contributed by atoms with Crippen LogP contribution in [-0.2, 0) is 0 Å². The van der Waals surface area contributed by atoms with Crippen molar-refractivity contribution < 1.29 is 14.3 Å². The van der Waals surface area contributed by atoms with E-state index in [1.807, 2.05) is 56.3 Å². The Morgan fingerprint density at radius 3 is 2.76 bits per heavy atom. The van der Waals surface area contributed by atoms with Gasteiger partial charge in [-0.25, -0.2) is 4.98 Å². The van der Waals surface area contributed by atoms with Gasteiger partial charge in [0, 0.05) is 16.0 Å². The van der Waals surface area contributed by atoms with Gasteiger partial charge < -0.3 is 9.47 Å². The smallest absolute Gasteiger partial charge is 0.257 e. The summed E-state index contributed by atoms with van der Waals surface area (Å²) in [5.74, 6) is 1.31. The number of hydrogen-bond donors (Lipinski definition) is 1. The van der Waals surface area contributed by atoms with Gasteiger partial charge in [0.25, 0.3) is 5.91 Å². The molecule has 3 aromatic rings. The number of carbonyl (C=O) groups excluding carboxylic acids is 1. The first-order chi connectivity index (χ1) is 12.1. The fourth-order valence-corrected chi connectivity index (χ4v) is 3.58. The fourth-order valence-electron chi connectivity index (χ4n) is 2.75. The zero-order chi connectivity index (χ0) is 17.4. The van der Waals surface area contributed by atoms with Gasteiger partial charge in [0.1, 0.15) is 0 Å². The normalized spacial score (nSPS) is 12.2. The molecule has 1 aromatic heterocycles. The Balaban J connectivity index is 1.60. The minimum Gasteiger partial charge on any atom is -0.454 e. The maximum atomic E-state index is 12.5. The highest BCUT2D eigenvalue weighted by atomic mass is 32.1. The SMILES string of the molecule is Cc1ccccc1C(=O)Nc1nc(-c2ccc3c(c2)OCO3)c(C)s1. The molecular formula is C19H16N2O3S. The van der Waals surface area contributed by atoms with Crippen LogP contribution in [0, 0.1) is 13.8 Å². The Bertz CT molecular complexity index is 965. The Labute approximate surface area is 149 Å². The maximum Gasteiger partial charge on any atom is 0.257 e. The van der Waals surface area contributed by atoms with Gasteiger partial charge >= 0.3 is 0 Å². The van der Waals surface area contributed by atoms with Crippen LogP contribution in [0.25, 0.3) is 11.3 Å². The zero-order valence-electron chi connectivity index (χ0n) is 13.8. The molecule has 25 heavy (non-hydrogen) atoms. The van der Waals surface area contributed by atoms with Crippen molar-refractivity contribution >= 4 is 22.4 Å². The number of hydrogen-bond acceptors (Lipinski definition) is 5. The quantitative estimate of drug-likeness (QED) is 0.758. The zero-order valence-corrected chi connectivity index (χ0v) is 14.6. The number of rotatable bonds is 3. The Morgan fingerprint density at radius 2 is 1.92 bits per heavy atom. The molecule has 1 aliphatic rings. The maximum absolute atomic E-state index is 12.5. The Hall–Kier alpha value is -2.86. The number of aromatic nitrogens is 1. The summed E-state index contributed by atoms with van der Waals surface area (Å²) in [4.78, 5) is 18.1. The van der Waals surface area contributed by atoms with E-state index >= 15 is 0 Å². The van der Waals surface area contributed by atoms with Gasteiger partial charge in [0.15, 0.2) is 16.6 Å². The summed E-state index contributed by atoms with van der Waals surface area (Å²) in [6, 6.07) is 13.2. The molecule has 0 radical (unpaired) electrons. The molecule has 1 amide bonds. The van der Waals surface area contributed by atoms with Crippen molar-refractivity contribution in [2.45, 2.75) is 13.8 Å². The molecule has 4 rings (SSSR count). The van der Waals surface area contributed by atoms with Crippen molar-refractivity contribution in [3.8, 4) is 22.8 Å². The number of ether oxygens (including phenoxy) is 2. The van der Waals surface area contributed by atoms with Gasteiger partial charge in [-0.05, 0) is 43.7 Å². The second kappa shape index (κ2) is 6.22. The third kappa shape index (κ3) is 2.96. The van der Waals surface area contributed by atoms with Gasteiger partial charge in [-0.2, -0.15) is 0 Å². The molecule has 2 heterocycles. The van der Waals surface area contributed by atoms with Crippen LogP contribution in [0.1, 0.15) is 20.8 Å². The van der Waals surface area contributed by atoms with E-state index < -0.39 is 0 Å². The van der Waals surface area contributed by atoms with Gasteiger partial charge in [-0.1, -0.05) is 18.2 Å². The minimum absolute atomic E-state index is 0.149. The Kier molecular flexibility index (Phi) is 3.89. The Morgan fingerprint density at radius 1 is 1.12 bits per heavy atom. The number of amides is 1. The average molecular weight is 352 g/mol. The van der Waals surface area contributed by atoms with Crippen molar-refractivity contribution in [1.29, 1.82) is 0 Å². The molecule has 1 aliphatic heterocycles. The lowest BCUT2D eigenvalue weighted by atomic mass is 10.1.